The van der Waals surface area contributed by atoms with Crippen molar-refractivity contribution in [3.8, 4) is 11.5 Å². The van der Waals surface area contributed by atoms with Crippen LogP contribution < -0.4 is 14.8 Å². The van der Waals surface area contributed by atoms with Gasteiger partial charge in [0.25, 0.3) is 5.69 Å². The molecule has 0 atom stereocenters. The van der Waals surface area contributed by atoms with Crippen LogP contribution in [0.15, 0.2) is 71.4 Å². The number of halogens is 1. The number of benzene rings is 3. The summed E-state index contributed by atoms with van der Waals surface area (Å²) in [5.74, 6) is -0.163. The highest BCUT2D eigenvalue weighted by Gasteiger charge is 2.24. The second-order valence-electron chi connectivity index (χ2n) is 7.84. The number of rotatable bonds is 8. The summed E-state index contributed by atoms with van der Waals surface area (Å²) in [6.07, 6.45) is 1.50. The summed E-state index contributed by atoms with van der Waals surface area (Å²) in [5, 5.41) is 13.9. The van der Waals surface area contributed by atoms with E-state index in [2.05, 4.69) is 10.3 Å². The molecule has 0 fully saturated rings. The van der Waals surface area contributed by atoms with E-state index in [1.165, 1.54) is 32.2 Å². The van der Waals surface area contributed by atoms with Gasteiger partial charge in [0, 0.05) is 30.3 Å². The fraction of sp³-hybridized carbons (Fsp3) is 0.115. The minimum atomic E-state index is -0.637. The van der Waals surface area contributed by atoms with Crippen LogP contribution in [0.5, 0.6) is 11.5 Å². The zero-order chi connectivity index (χ0) is 26.5. The maximum absolute atomic E-state index is 12.4. The maximum atomic E-state index is 12.4. The summed E-state index contributed by atoms with van der Waals surface area (Å²) < 4.78 is 16.5. The van der Waals surface area contributed by atoms with Crippen LogP contribution in [0.3, 0.4) is 0 Å². The Morgan fingerprint density at radius 3 is 2.62 bits per heavy atom. The number of nitro groups is 1. The van der Waals surface area contributed by atoms with Crippen molar-refractivity contribution in [2.24, 2.45) is 4.99 Å². The lowest BCUT2D eigenvalue weighted by Gasteiger charge is -2.13. The SMILES string of the molecule is COc1cc(/C=C2\N=C(c3ccc(NC(C)=O)cc3)OC2=O)cc(Cl)c1OCc1cccc([N+](=O)[O-])c1. The number of ether oxygens (including phenoxy) is 3. The average molecular weight is 522 g/mol. The smallest absolute Gasteiger partial charge is 0.363 e. The van der Waals surface area contributed by atoms with Gasteiger partial charge in [-0.3, -0.25) is 14.9 Å². The first-order valence-corrected chi connectivity index (χ1v) is 11.3. The van der Waals surface area contributed by atoms with Crippen molar-refractivity contribution < 1.29 is 28.7 Å². The third-order valence-corrected chi connectivity index (χ3v) is 5.41. The van der Waals surface area contributed by atoms with Gasteiger partial charge >= 0.3 is 5.97 Å². The number of nitrogens with zero attached hydrogens (tertiary/aromatic N) is 2. The molecule has 1 heterocycles. The number of nitro benzene ring substituents is 1. The predicted octanol–water partition coefficient (Wildman–Crippen LogP) is 5.14. The van der Waals surface area contributed by atoms with Crippen molar-refractivity contribution in [2.75, 3.05) is 12.4 Å². The summed E-state index contributed by atoms with van der Waals surface area (Å²) in [5.41, 5.74) is 2.28. The highest BCUT2D eigenvalue weighted by molar-refractivity contribution is 6.32. The highest BCUT2D eigenvalue weighted by atomic mass is 35.5. The van der Waals surface area contributed by atoms with Crippen LogP contribution in [0, 0.1) is 10.1 Å². The molecule has 11 heteroatoms. The molecule has 1 N–H and O–H groups in total. The summed E-state index contributed by atoms with van der Waals surface area (Å²) >= 11 is 6.43. The van der Waals surface area contributed by atoms with E-state index in [1.807, 2.05) is 0 Å². The normalized spacial score (nSPS) is 13.6. The highest BCUT2D eigenvalue weighted by Crippen LogP contribution is 2.38. The van der Waals surface area contributed by atoms with Crippen molar-refractivity contribution in [3.63, 3.8) is 0 Å². The number of hydrogen-bond donors (Lipinski definition) is 1. The molecule has 0 unspecified atom stereocenters. The summed E-state index contributed by atoms with van der Waals surface area (Å²) in [7, 11) is 1.44. The molecule has 1 aliphatic rings. The van der Waals surface area contributed by atoms with E-state index in [9.17, 15) is 19.7 Å². The number of carbonyl (C=O) groups excluding carboxylic acids is 2. The van der Waals surface area contributed by atoms with E-state index < -0.39 is 10.9 Å². The Balaban J connectivity index is 1.54. The van der Waals surface area contributed by atoms with E-state index in [1.54, 1.807) is 48.5 Å². The second kappa shape index (κ2) is 10.9. The van der Waals surface area contributed by atoms with Crippen LogP contribution in [0.4, 0.5) is 11.4 Å². The minimum absolute atomic E-state index is 0.0267. The maximum Gasteiger partial charge on any atom is 0.363 e. The van der Waals surface area contributed by atoms with Crippen LogP contribution >= 0.6 is 11.6 Å². The van der Waals surface area contributed by atoms with Crippen molar-refractivity contribution in [1.29, 1.82) is 0 Å². The van der Waals surface area contributed by atoms with Gasteiger partial charge in [0.15, 0.2) is 17.2 Å². The lowest BCUT2D eigenvalue weighted by atomic mass is 10.1. The largest absolute Gasteiger partial charge is 0.493 e. The number of cyclic esters (lactones) is 1. The third kappa shape index (κ3) is 6.11. The van der Waals surface area contributed by atoms with Crippen molar-refractivity contribution in [3.05, 3.63) is 98.2 Å². The number of anilines is 1. The third-order valence-electron chi connectivity index (χ3n) is 5.13. The molecule has 4 rings (SSSR count). The molecule has 0 bridgehead atoms. The Kier molecular flexibility index (Phi) is 7.49. The summed E-state index contributed by atoms with van der Waals surface area (Å²) in [4.78, 5) is 38.4. The number of aliphatic imine (C=N–C) groups is 1. The average Bonchev–Trinajstić information content (AvgIpc) is 3.23. The molecular formula is C26H20ClN3O7. The first kappa shape index (κ1) is 25.4. The zero-order valence-electron chi connectivity index (χ0n) is 19.7. The Bertz CT molecular complexity index is 1450. The number of hydrogen-bond acceptors (Lipinski definition) is 8. The van der Waals surface area contributed by atoms with Crippen LogP contribution in [-0.2, 0) is 20.9 Å². The Morgan fingerprint density at radius 1 is 1.19 bits per heavy atom. The predicted molar refractivity (Wildman–Crippen MR) is 137 cm³/mol. The van der Waals surface area contributed by atoms with Crippen molar-refractivity contribution in [2.45, 2.75) is 13.5 Å². The molecule has 1 aliphatic heterocycles. The van der Waals surface area contributed by atoms with E-state index in [0.717, 1.165) is 0 Å². The molecule has 0 spiro atoms. The van der Waals surface area contributed by atoms with Crippen molar-refractivity contribution in [1.82, 2.24) is 0 Å². The Hall–Kier alpha value is -4.70. The van der Waals surface area contributed by atoms with Crippen LogP contribution in [-0.4, -0.2) is 29.8 Å². The first-order chi connectivity index (χ1) is 17.7. The molecule has 0 saturated carbocycles. The molecule has 37 heavy (non-hydrogen) atoms. The topological polar surface area (TPSA) is 129 Å². The van der Waals surface area contributed by atoms with Crippen LogP contribution in [0.1, 0.15) is 23.6 Å². The molecule has 0 saturated heterocycles. The van der Waals surface area contributed by atoms with Gasteiger partial charge in [0.1, 0.15) is 6.61 Å². The van der Waals surface area contributed by atoms with Crippen LogP contribution in [0.25, 0.3) is 6.08 Å². The lowest BCUT2D eigenvalue weighted by Crippen LogP contribution is -2.07. The van der Waals surface area contributed by atoms with Gasteiger partial charge in [-0.25, -0.2) is 9.79 Å². The van der Waals surface area contributed by atoms with Gasteiger partial charge < -0.3 is 19.5 Å². The number of methoxy groups -OCH3 is 1. The van der Waals surface area contributed by atoms with E-state index in [0.29, 0.717) is 28.1 Å². The molecular weight excluding hydrogens is 502 g/mol. The number of carbonyl (C=O) groups is 2. The van der Waals surface area contributed by atoms with Gasteiger partial charge in [-0.15, -0.1) is 0 Å². The molecule has 0 aromatic heterocycles. The zero-order valence-corrected chi connectivity index (χ0v) is 20.4. The van der Waals surface area contributed by atoms with Gasteiger partial charge in [-0.1, -0.05) is 23.7 Å². The summed E-state index contributed by atoms with van der Waals surface area (Å²) in [6, 6.07) is 15.9. The fourth-order valence-electron chi connectivity index (χ4n) is 3.47. The van der Waals surface area contributed by atoms with Gasteiger partial charge in [0.05, 0.1) is 17.1 Å². The molecule has 188 valence electrons. The molecule has 0 aliphatic carbocycles. The quantitative estimate of drug-likeness (QED) is 0.188. The van der Waals surface area contributed by atoms with Gasteiger partial charge in [-0.2, -0.15) is 0 Å². The molecule has 1 amide bonds. The Labute approximate surface area is 216 Å². The number of esters is 1. The number of non-ortho nitro benzene ring substituents is 1. The fourth-order valence-corrected chi connectivity index (χ4v) is 3.74. The molecule has 10 nitrogen and oxygen atoms in total. The minimum Gasteiger partial charge on any atom is -0.493 e. The number of nitrogens with one attached hydrogen (secondary N) is 1. The molecule has 3 aromatic rings. The second-order valence-corrected chi connectivity index (χ2v) is 8.25. The van der Waals surface area contributed by atoms with E-state index in [-0.39, 0.29) is 40.6 Å². The number of amides is 1. The van der Waals surface area contributed by atoms with Crippen LogP contribution in [0.2, 0.25) is 5.02 Å². The summed E-state index contributed by atoms with van der Waals surface area (Å²) in [6.45, 7) is 1.43. The van der Waals surface area contributed by atoms with E-state index >= 15 is 0 Å². The molecule has 3 aromatic carbocycles. The molecule has 0 radical (unpaired) electrons. The van der Waals surface area contributed by atoms with Gasteiger partial charge in [-0.05, 0) is 53.6 Å². The van der Waals surface area contributed by atoms with E-state index in [4.69, 9.17) is 25.8 Å². The Morgan fingerprint density at radius 2 is 1.95 bits per heavy atom. The monoisotopic (exact) mass is 521 g/mol. The standard InChI is InChI=1S/C26H20ClN3O7/c1-15(31)28-19-8-6-18(7-9-19)25-29-22(26(32)37-25)12-17-11-21(27)24(23(13-17)35-2)36-14-16-4-3-5-20(10-16)30(33)34/h3-13H,14H2,1-2H3,(H,28,31)/b22-12-. The van der Waals surface area contributed by atoms with Gasteiger partial charge in [0.2, 0.25) is 11.8 Å². The van der Waals surface area contributed by atoms with Crippen molar-refractivity contribution >= 4 is 46.8 Å². The first-order valence-electron chi connectivity index (χ1n) is 10.9. The lowest BCUT2D eigenvalue weighted by molar-refractivity contribution is -0.384.